The van der Waals surface area contributed by atoms with Crippen molar-refractivity contribution in [3.05, 3.63) is 66.7 Å². The van der Waals surface area contributed by atoms with Crippen LogP contribution in [0.5, 0.6) is 0 Å². The highest BCUT2D eigenvalue weighted by molar-refractivity contribution is 5.55. The highest BCUT2D eigenvalue weighted by Crippen LogP contribution is 2.15. The fourth-order valence-electron chi connectivity index (χ4n) is 1.83. The van der Waals surface area contributed by atoms with Crippen LogP contribution in [-0.4, -0.2) is 15.0 Å². The van der Waals surface area contributed by atoms with Gasteiger partial charge in [0, 0.05) is 24.5 Å². The average molecular weight is 250 g/mol. The van der Waals surface area contributed by atoms with Crippen molar-refractivity contribution in [2.24, 2.45) is 0 Å². The van der Waals surface area contributed by atoms with Crippen molar-refractivity contribution in [3.63, 3.8) is 0 Å². The van der Waals surface area contributed by atoms with Crippen molar-refractivity contribution < 1.29 is 0 Å². The molecule has 0 amide bonds. The first-order valence-electron chi connectivity index (χ1n) is 6.15. The van der Waals surface area contributed by atoms with E-state index in [0.717, 1.165) is 23.6 Å². The van der Waals surface area contributed by atoms with Gasteiger partial charge in [-0.05, 0) is 11.6 Å². The Labute approximate surface area is 111 Å². The Morgan fingerprint density at radius 2 is 1.79 bits per heavy atom. The molecule has 2 heterocycles. The predicted octanol–water partition coefficient (Wildman–Crippen LogP) is 3.08. The maximum atomic E-state index is 4.37. The van der Waals surface area contributed by atoms with E-state index < -0.39 is 0 Å². The SMILES string of the molecule is c1ccc(-c2ncc(NCc3cc[nH]c3)cn2)cc1. The lowest BCUT2D eigenvalue weighted by Crippen LogP contribution is -2.00. The van der Waals surface area contributed by atoms with Gasteiger partial charge in [-0.15, -0.1) is 0 Å². The highest BCUT2D eigenvalue weighted by atomic mass is 14.9. The van der Waals surface area contributed by atoms with Crippen molar-refractivity contribution in [1.29, 1.82) is 0 Å². The lowest BCUT2D eigenvalue weighted by atomic mass is 10.2. The van der Waals surface area contributed by atoms with Gasteiger partial charge in [-0.2, -0.15) is 0 Å². The molecule has 0 bridgehead atoms. The first-order valence-corrected chi connectivity index (χ1v) is 6.15. The minimum absolute atomic E-state index is 0.743. The summed E-state index contributed by atoms with van der Waals surface area (Å²) in [5.41, 5.74) is 3.15. The number of anilines is 1. The van der Waals surface area contributed by atoms with E-state index in [1.54, 1.807) is 0 Å². The van der Waals surface area contributed by atoms with Gasteiger partial charge in [0.2, 0.25) is 0 Å². The monoisotopic (exact) mass is 250 g/mol. The molecule has 0 atom stereocenters. The van der Waals surface area contributed by atoms with Gasteiger partial charge in [0.25, 0.3) is 0 Å². The van der Waals surface area contributed by atoms with Crippen LogP contribution in [-0.2, 0) is 6.54 Å². The van der Waals surface area contributed by atoms with Crippen LogP contribution >= 0.6 is 0 Å². The Hall–Kier alpha value is -2.62. The molecule has 1 aromatic carbocycles. The largest absolute Gasteiger partial charge is 0.378 e. The lowest BCUT2D eigenvalue weighted by molar-refractivity contribution is 1.11. The molecule has 0 aliphatic rings. The number of aromatic amines is 1. The van der Waals surface area contributed by atoms with Gasteiger partial charge in [-0.1, -0.05) is 30.3 Å². The molecule has 0 unspecified atom stereocenters. The maximum absolute atomic E-state index is 4.37. The van der Waals surface area contributed by atoms with E-state index in [0.29, 0.717) is 0 Å². The summed E-state index contributed by atoms with van der Waals surface area (Å²) >= 11 is 0. The summed E-state index contributed by atoms with van der Waals surface area (Å²) in [5, 5.41) is 3.28. The van der Waals surface area contributed by atoms with Crippen LogP contribution in [0.4, 0.5) is 5.69 Å². The molecule has 2 aromatic heterocycles. The third-order valence-electron chi connectivity index (χ3n) is 2.84. The highest BCUT2D eigenvalue weighted by Gasteiger charge is 2.00. The Bertz CT molecular complexity index is 615. The normalized spacial score (nSPS) is 10.3. The third kappa shape index (κ3) is 2.80. The Morgan fingerprint density at radius 3 is 2.47 bits per heavy atom. The molecule has 0 aliphatic heterocycles. The number of hydrogen-bond acceptors (Lipinski definition) is 3. The quantitative estimate of drug-likeness (QED) is 0.748. The van der Waals surface area contributed by atoms with Gasteiger partial charge >= 0.3 is 0 Å². The van der Waals surface area contributed by atoms with E-state index in [4.69, 9.17) is 0 Å². The van der Waals surface area contributed by atoms with Crippen molar-refractivity contribution >= 4 is 5.69 Å². The number of aromatic nitrogens is 3. The van der Waals surface area contributed by atoms with E-state index in [-0.39, 0.29) is 0 Å². The van der Waals surface area contributed by atoms with Gasteiger partial charge < -0.3 is 10.3 Å². The number of rotatable bonds is 4. The molecule has 0 saturated carbocycles. The minimum atomic E-state index is 0.743. The van der Waals surface area contributed by atoms with Gasteiger partial charge in [0.15, 0.2) is 5.82 Å². The predicted molar refractivity (Wildman–Crippen MR) is 75.6 cm³/mol. The summed E-state index contributed by atoms with van der Waals surface area (Å²) < 4.78 is 0. The van der Waals surface area contributed by atoms with Gasteiger partial charge in [-0.3, -0.25) is 0 Å². The summed E-state index contributed by atoms with van der Waals surface area (Å²) in [4.78, 5) is 11.8. The van der Waals surface area contributed by atoms with Gasteiger partial charge in [-0.25, -0.2) is 9.97 Å². The van der Waals surface area contributed by atoms with Gasteiger partial charge in [0.1, 0.15) is 0 Å². The zero-order valence-corrected chi connectivity index (χ0v) is 10.4. The Morgan fingerprint density at radius 1 is 1.00 bits per heavy atom. The number of nitrogens with one attached hydrogen (secondary N) is 2. The lowest BCUT2D eigenvalue weighted by Gasteiger charge is -2.05. The summed E-state index contributed by atoms with van der Waals surface area (Å²) in [7, 11) is 0. The van der Waals surface area contributed by atoms with E-state index in [1.165, 1.54) is 5.56 Å². The van der Waals surface area contributed by atoms with E-state index >= 15 is 0 Å². The van der Waals surface area contributed by atoms with Crippen LogP contribution in [0.15, 0.2) is 61.2 Å². The van der Waals surface area contributed by atoms with Crippen LogP contribution in [0.3, 0.4) is 0 Å². The molecular formula is C15H14N4. The van der Waals surface area contributed by atoms with Crippen molar-refractivity contribution in [1.82, 2.24) is 15.0 Å². The van der Waals surface area contributed by atoms with Gasteiger partial charge in [0.05, 0.1) is 18.1 Å². The van der Waals surface area contributed by atoms with E-state index in [1.807, 2.05) is 61.2 Å². The second-order valence-corrected chi connectivity index (χ2v) is 4.23. The summed E-state index contributed by atoms with van der Waals surface area (Å²) in [6, 6.07) is 12.0. The molecule has 4 heteroatoms. The third-order valence-corrected chi connectivity index (χ3v) is 2.84. The zero-order chi connectivity index (χ0) is 12.9. The fraction of sp³-hybridized carbons (Fsp3) is 0.0667. The second-order valence-electron chi connectivity index (χ2n) is 4.23. The zero-order valence-electron chi connectivity index (χ0n) is 10.4. The molecule has 4 nitrogen and oxygen atoms in total. The number of H-pyrrole nitrogens is 1. The molecule has 2 N–H and O–H groups in total. The average Bonchev–Trinajstić information content (AvgIpc) is 3.00. The van der Waals surface area contributed by atoms with Crippen molar-refractivity contribution in [2.45, 2.75) is 6.54 Å². The molecule has 19 heavy (non-hydrogen) atoms. The summed E-state index contributed by atoms with van der Waals surface area (Å²) in [6.45, 7) is 0.761. The van der Waals surface area contributed by atoms with Crippen LogP contribution in [0.1, 0.15) is 5.56 Å². The molecule has 3 rings (SSSR count). The van der Waals surface area contributed by atoms with Crippen LogP contribution in [0, 0.1) is 0 Å². The number of nitrogens with zero attached hydrogens (tertiary/aromatic N) is 2. The van der Waals surface area contributed by atoms with E-state index in [9.17, 15) is 0 Å². The molecule has 94 valence electrons. The van der Waals surface area contributed by atoms with Crippen molar-refractivity contribution in [3.8, 4) is 11.4 Å². The number of benzene rings is 1. The fourth-order valence-corrected chi connectivity index (χ4v) is 1.83. The van der Waals surface area contributed by atoms with Crippen LogP contribution in [0.2, 0.25) is 0 Å². The standard InChI is InChI=1S/C15H14N4/c1-2-4-13(5-3-1)15-18-10-14(11-19-15)17-9-12-6-7-16-8-12/h1-8,10-11,16-17H,9H2. The van der Waals surface area contributed by atoms with Crippen LogP contribution < -0.4 is 5.32 Å². The number of hydrogen-bond donors (Lipinski definition) is 2. The molecule has 0 spiro atoms. The second kappa shape index (κ2) is 5.35. The summed E-state index contributed by atoms with van der Waals surface area (Å²) in [5.74, 6) is 0.743. The molecule has 3 aromatic rings. The first kappa shape index (κ1) is 11.5. The van der Waals surface area contributed by atoms with Crippen LogP contribution in [0.25, 0.3) is 11.4 Å². The Balaban J connectivity index is 1.69. The first-order chi connectivity index (χ1) is 9.42. The molecule has 0 radical (unpaired) electrons. The van der Waals surface area contributed by atoms with E-state index in [2.05, 4.69) is 20.3 Å². The maximum Gasteiger partial charge on any atom is 0.159 e. The summed E-state index contributed by atoms with van der Waals surface area (Å²) in [6.07, 6.45) is 7.49. The molecule has 0 aliphatic carbocycles. The van der Waals surface area contributed by atoms with Crippen molar-refractivity contribution in [2.75, 3.05) is 5.32 Å². The minimum Gasteiger partial charge on any atom is -0.378 e. The molecular weight excluding hydrogens is 236 g/mol. The smallest absolute Gasteiger partial charge is 0.159 e. The molecule has 0 fully saturated rings. The molecule has 0 saturated heterocycles. The Kier molecular flexibility index (Phi) is 3.23. The topological polar surface area (TPSA) is 53.6 Å².